The summed E-state index contributed by atoms with van der Waals surface area (Å²) in [4.78, 5) is 35.7. The Morgan fingerprint density at radius 3 is 1.95 bits per heavy atom. The molecule has 2 saturated heterocycles. The highest BCUT2D eigenvalue weighted by molar-refractivity contribution is 5.83. The van der Waals surface area contributed by atoms with Crippen molar-refractivity contribution in [1.82, 2.24) is 19.6 Å². The van der Waals surface area contributed by atoms with Gasteiger partial charge in [-0.2, -0.15) is 26.3 Å². The molecule has 228 valence electrons. The standard InChI is InChI=1S/C26H39F6N5O3/c1-7-18(3)21(33-15-19(8-2)26(30,31)32)34-9-11-35(12-10-34)22(38)20-16-36(23(39)40-24(4,5)6)13-14-37(20)17-25(27,28)29/h8,15,20H,7,9-14,16-17H2,1-6H3/b19-8+,21-18-,33-15-. The van der Waals surface area contributed by atoms with Gasteiger partial charge in [0.05, 0.1) is 12.1 Å². The Bertz CT molecular complexity index is 992. The largest absolute Gasteiger partial charge is 0.444 e. The molecule has 1 unspecified atom stereocenters. The fourth-order valence-corrected chi connectivity index (χ4v) is 4.38. The monoisotopic (exact) mass is 583 g/mol. The Balaban J connectivity index is 2.19. The average Bonchev–Trinajstić information content (AvgIpc) is 2.83. The lowest BCUT2D eigenvalue weighted by molar-refractivity contribution is -0.164. The first-order chi connectivity index (χ1) is 18.4. The van der Waals surface area contributed by atoms with Crippen LogP contribution in [0.2, 0.25) is 0 Å². The zero-order chi connectivity index (χ0) is 30.5. The second kappa shape index (κ2) is 13.3. The van der Waals surface area contributed by atoms with Gasteiger partial charge in [0.2, 0.25) is 5.91 Å². The van der Waals surface area contributed by atoms with E-state index in [1.165, 1.54) is 16.7 Å². The number of alkyl halides is 6. The van der Waals surface area contributed by atoms with Crippen LogP contribution < -0.4 is 0 Å². The lowest BCUT2D eigenvalue weighted by Crippen LogP contribution is -2.63. The molecule has 2 rings (SSSR count). The molecule has 2 aliphatic heterocycles. The van der Waals surface area contributed by atoms with E-state index in [0.717, 1.165) is 22.8 Å². The summed E-state index contributed by atoms with van der Waals surface area (Å²) in [7, 11) is 0. The van der Waals surface area contributed by atoms with Crippen molar-refractivity contribution in [3.63, 3.8) is 0 Å². The molecule has 2 heterocycles. The highest BCUT2D eigenvalue weighted by atomic mass is 19.4. The number of hydrogen-bond acceptors (Lipinski definition) is 6. The molecule has 0 spiro atoms. The second-order valence-corrected chi connectivity index (χ2v) is 10.8. The van der Waals surface area contributed by atoms with Crippen molar-refractivity contribution in [2.75, 3.05) is 52.4 Å². The molecule has 0 aromatic heterocycles. The van der Waals surface area contributed by atoms with Gasteiger partial charge in [-0.25, -0.2) is 9.79 Å². The summed E-state index contributed by atoms with van der Waals surface area (Å²) >= 11 is 0. The van der Waals surface area contributed by atoms with E-state index < -0.39 is 48.1 Å². The second-order valence-electron chi connectivity index (χ2n) is 10.8. The molecule has 0 aromatic carbocycles. The fraction of sp³-hybridized carbons (Fsp3) is 0.731. The van der Waals surface area contributed by atoms with E-state index in [2.05, 4.69) is 4.99 Å². The molecule has 40 heavy (non-hydrogen) atoms. The smallest absolute Gasteiger partial charge is 0.417 e. The Labute approximate surface area is 231 Å². The van der Waals surface area contributed by atoms with Gasteiger partial charge in [0.15, 0.2) is 0 Å². The van der Waals surface area contributed by atoms with Crippen molar-refractivity contribution in [2.24, 2.45) is 4.99 Å². The van der Waals surface area contributed by atoms with Gasteiger partial charge in [-0.05, 0) is 46.6 Å². The van der Waals surface area contributed by atoms with Crippen molar-refractivity contribution in [2.45, 2.75) is 72.0 Å². The molecule has 0 aromatic rings. The third-order valence-electron chi connectivity index (χ3n) is 6.58. The minimum absolute atomic E-state index is 0.0167. The quantitative estimate of drug-likeness (QED) is 0.331. The van der Waals surface area contributed by atoms with Gasteiger partial charge in [-0.1, -0.05) is 13.0 Å². The molecule has 14 heteroatoms. The van der Waals surface area contributed by atoms with E-state index in [1.807, 2.05) is 6.92 Å². The van der Waals surface area contributed by atoms with Crippen LogP contribution in [-0.4, -0.2) is 114 Å². The zero-order valence-electron chi connectivity index (χ0n) is 23.8. The summed E-state index contributed by atoms with van der Waals surface area (Å²) in [5.74, 6) is -0.183. The number of amides is 2. The van der Waals surface area contributed by atoms with Gasteiger partial charge in [0.1, 0.15) is 17.5 Å². The average molecular weight is 584 g/mol. The number of rotatable bonds is 6. The molecule has 8 nitrogen and oxygen atoms in total. The normalized spacial score (nSPS) is 21.1. The molecule has 0 N–H and O–H groups in total. The van der Waals surface area contributed by atoms with Crippen LogP contribution in [0, 0.1) is 0 Å². The SMILES string of the molecule is C\C=C(/C=N\C(=C(/C)CC)N1CCN(C(=O)C2CN(C(=O)OC(C)(C)C)CCN2CC(F)(F)F)CC1)C(F)(F)F. The maximum Gasteiger partial charge on any atom is 0.417 e. The minimum atomic E-state index is -4.55. The Morgan fingerprint density at radius 2 is 1.48 bits per heavy atom. The maximum atomic E-state index is 13.5. The number of nitrogens with zero attached hydrogens (tertiary/aromatic N) is 5. The van der Waals surface area contributed by atoms with Crippen LogP contribution in [0.3, 0.4) is 0 Å². The van der Waals surface area contributed by atoms with Crippen molar-refractivity contribution < 1.29 is 40.7 Å². The van der Waals surface area contributed by atoms with Crippen LogP contribution in [0.25, 0.3) is 0 Å². The number of carbonyl (C=O) groups is 2. The first kappa shape index (κ1) is 33.4. The van der Waals surface area contributed by atoms with Crippen molar-refractivity contribution in [3.05, 3.63) is 23.0 Å². The molecule has 2 aliphatic rings. The van der Waals surface area contributed by atoms with Gasteiger partial charge < -0.3 is 19.4 Å². The van der Waals surface area contributed by atoms with Crippen LogP contribution in [0.15, 0.2) is 28.0 Å². The number of allylic oxidation sites excluding steroid dienone is 3. The topological polar surface area (TPSA) is 68.7 Å². The lowest BCUT2D eigenvalue weighted by Gasteiger charge is -2.44. The summed E-state index contributed by atoms with van der Waals surface area (Å²) in [5, 5.41) is 0. The molecule has 0 bridgehead atoms. The van der Waals surface area contributed by atoms with Crippen LogP contribution in [-0.2, 0) is 9.53 Å². The number of aliphatic imine (C=N–C) groups is 1. The van der Waals surface area contributed by atoms with E-state index >= 15 is 0 Å². The Hall–Kier alpha value is -2.77. The molecule has 1 atom stereocenters. The summed E-state index contributed by atoms with van der Waals surface area (Å²) in [5.41, 5.74) is -0.946. The van der Waals surface area contributed by atoms with Crippen LogP contribution >= 0.6 is 0 Å². The molecule has 2 amide bonds. The summed E-state index contributed by atoms with van der Waals surface area (Å²) in [6.07, 6.45) is -7.56. The molecule has 0 aliphatic carbocycles. The summed E-state index contributed by atoms with van der Waals surface area (Å²) in [6, 6.07) is -1.22. The minimum Gasteiger partial charge on any atom is -0.444 e. The van der Waals surface area contributed by atoms with E-state index in [0.29, 0.717) is 12.2 Å². The van der Waals surface area contributed by atoms with E-state index in [1.54, 1.807) is 32.6 Å². The van der Waals surface area contributed by atoms with Gasteiger partial charge in [0.25, 0.3) is 0 Å². The van der Waals surface area contributed by atoms with Gasteiger partial charge >= 0.3 is 18.4 Å². The number of hydrogen-bond donors (Lipinski definition) is 0. The van der Waals surface area contributed by atoms with Crippen LogP contribution in [0.1, 0.15) is 48.0 Å². The highest BCUT2D eigenvalue weighted by Crippen LogP contribution is 2.26. The van der Waals surface area contributed by atoms with E-state index in [4.69, 9.17) is 4.74 Å². The predicted molar refractivity (Wildman–Crippen MR) is 139 cm³/mol. The Kier molecular flexibility index (Phi) is 11.1. The Morgan fingerprint density at radius 1 is 0.925 bits per heavy atom. The van der Waals surface area contributed by atoms with Crippen molar-refractivity contribution in [3.8, 4) is 0 Å². The summed E-state index contributed by atoms with van der Waals surface area (Å²) < 4.78 is 84.8. The van der Waals surface area contributed by atoms with Crippen molar-refractivity contribution in [1.29, 1.82) is 0 Å². The predicted octanol–water partition coefficient (Wildman–Crippen LogP) is 4.84. The van der Waals surface area contributed by atoms with Gasteiger partial charge in [-0.3, -0.25) is 9.69 Å². The van der Waals surface area contributed by atoms with Gasteiger partial charge in [-0.15, -0.1) is 0 Å². The first-order valence-corrected chi connectivity index (χ1v) is 13.2. The van der Waals surface area contributed by atoms with Gasteiger partial charge in [0, 0.05) is 52.0 Å². The maximum absolute atomic E-state index is 13.5. The van der Waals surface area contributed by atoms with Crippen molar-refractivity contribution >= 4 is 18.2 Å². The third kappa shape index (κ3) is 9.70. The first-order valence-electron chi connectivity index (χ1n) is 13.2. The third-order valence-corrected chi connectivity index (χ3v) is 6.58. The number of piperazine rings is 2. The number of halogens is 6. The highest BCUT2D eigenvalue weighted by Gasteiger charge is 2.43. The van der Waals surface area contributed by atoms with E-state index in [-0.39, 0.29) is 45.8 Å². The van der Waals surface area contributed by atoms with Crippen LogP contribution in [0.5, 0.6) is 0 Å². The zero-order valence-corrected chi connectivity index (χ0v) is 23.8. The van der Waals surface area contributed by atoms with Crippen LogP contribution in [0.4, 0.5) is 31.1 Å². The molecular weight excluding hydrogens is 544 g/mol. The summed E-state index contributed by atoms with van der Waals surface area (Å²) in [6.45, 7) is 8.89. The van der Waals surface area contributed by atoms with E-state index in [9.17, 15) is 35.9 Å². The molecule has 0 radical (unpaired) electrons. The number of ether oxygens (including phenoxy) is 1. The fourth-order valence-electron chi connectivity index (χ4n) is 4.38. The lowest BCUT2D eigenvalue weighted by atomic mass is 10.1. The number of carbonyl (C=O) groups excluding carboxylic acids is 2. The molecule has 2 fully saturated rings. The molecular formula is C26H39F6N5O3. The molecule has 0 saturated carbocycles.